The van der Waals surface area contributed by atoms with Crippen LogP contribution in [0.3, 0.4) is 0 Å². The predicted molar refractivity (Wildman–Crippen MR) is 121 cm³/mol. The number of benzene rings is 2. The van der Waals surface area contributed by atoms with Crippen molar-refractivity contribution in [1.29, 1.82) is 0 Å². The smallest absolute Gasteiger partial charge is 0.337 e. The van der Waals surface area contributed by atoms with Gasteiger partial charge in [0.15, 0.2) is 11.2 Å². The zero-order valence-electron chi connectivity index (χ0n) is 18.6. The van der Waals surface area contributed by atoms with Crippen LogP contribution >= 0.6 is 0 Å². The van der Waals surface area contributed by atoms with Crippen molar-refractivity contribution in [3.8, 4) is 5.69 Å². The van der Waals surface area contributed by atoms with Crippen LogP contribution in [0.5, 0.6) is 0 Å². The van der Waals surface area contributed by atoms with Crippen molar-refractivity contribution >= 4 is 11.2 Å². The number of imidazole rings is 1. The summed E-state index contributed by atoms with van der Waals surface area (Å²) in [5, 5.41) is 0. The van der Waals surface area contributed by atoms with Crippen LogP contribution in [0.25, 0.3) is 16.9 Å². The molecule has 4 aromatic rings. The molecule has 0 aliphatic rings. The van der Waals surface area contributed by atoms with Crippen LogP contribution in [0.2, 0.25) is 0 Å². The molecule has 0 saturated heterocycles. The first-order chi connectivity index (χ1) is 15.8. The summed E-state index contributed by atoms with van der Waals surface area (Å²) in [5.41, 5.74) is 1.06. The minimum Gasteiger partial charge on any atom is -0.383 e. The number of hydrogen-bond acceptors (Lipinski definition) is 4. The summed E-state index contributed by atoms with van der Waals surface area (Å²) in [6.07, 6.45) is 1.38. The second-order valence-electron chi connectivity index (χ2n) is 8.09. The molecule has 7 nitrogen and oxygen atoms in total. The number of aromatic nitrogens is 4. The molecule has 0 aliphatic heterocycles. The van der Waals surface area contributed by atoms with Gasteiger partial charge in [-0.15, -0.1) is 0 Å². The van der Waals surface area contributed by atoms with E-state index >= 15 is 0 Å². The van der Waals surface area contributed by atoms with Gasteiger partial charge in [-0.25, -0.2) is 23.1 Å². The summed E-state index contributed by atoms with van der Waals surface area (Å²) in [6, 6.07) is 10.7. The number of rotatable bonds is 7. The van der Waals surface area contributed by atoms with E-state index in [0.29, 0.717) is 11.6 Å². The van der Waals surface area contributed by atoms with Crippen molar-refractivity contribution in [1.82, 2.24) is 18.7 Å². The van der Waals surface area contributed by atoms with Crippen LogP contribution in [0.4, 0.5) is 8.78 Å². The lowest BCUT2D eigenvalue weighted by molar-refractivity contribution is 0.184. The van der Waals surface area contributed by atoms with Crippen LogP contribution in [0.1, 0.15) is 30.9 Å². The lowest BCUT2D eigenvalue weighted by Crippen LogP contribution is -2.41. The van der Waals surface area contributed by atoms with E-state index in [9.17, 15) is 18.4 Å². The fourth-order valence-electron chi connectivity index (χ4n) is 3.75. The third kappa shape index (κ3) is 4.23. The lowest BCUT2D eigenvalue weighted by atomic mass is 10.0. The molecule has 0 unspecified atom stereocenters. The normalized spacial score (nSPS) is 11.6. The molecule has 0 N–H and O–H groups in total. The van der Waals surface area contributed by atoms with E-state index in [-0.39, 0.29) is 36.4 Å². The summed E-state index contributed by atoms with van der Waals surface area (Å²) < 4.78 is 36.6. The van der Waals surface area contributed by atoms with Gasteiger partial charge in [0.25, 0.3) is 5.56 Å². The van der Waals surface area contributed by atoms with Crippen LogP contribution in [0, 0.1) is 11.6 Å². The maximum absolute atomic E-state index is 14.3. The Labute approximate surface area is 188 Å². The van der Waals surface area contributed by atoms with Crippen molar-refractivity contribution in [3.05, 3.63) is 92.4 Å². The van der Waals surface area contributed by atoms with E-state index in [0.717, 1.165) is 22.3 Å². The molecule has 9 heteroatoms. The van der Waals surface area contributed by atoms with Crippen molar-refractivity contribution in [2.24, 2.45) is 0 Å². The standard InChI is InChI=1S/C24H24F2N4O3/c1-15(2)16-5-8-19(9-6-16)30-22-21(23(31)29(24(30)32)10-11-33-3)28(14-27-22)13-17-4-7-18(25)12-20(17)26/h4-9,12,14-15H,10-11,13H2,1-3H3. The van der Waals surface area contributed by atoms with Crippen molar-refractivity contribution in [2.45, 2.75) is 32.9 Å². The number of ether oxygens (including phenoxy) is 1. The molecule has 172 valence electrons. The Morgan fingerprint density at radius 3 is 2.42 bits per heavy atom. The van der Waals surface area contributed by atoms with Crippen LogP contribution in [-0.4, -0.2) is 32.4 Å². The maximum Gasteiger partial charge on any atom is 0.337 e. The topological polar surface area (TPSA) is 71.1 Å². The van der Waals surface area contributed by atoms with Crippen LogP contribution < -0.4 is 11.2 Å². The van der Waals surface area contributed by atoms with Gasteiger partial charge in [0, 0.05) is 18.7 Å². The Kier molecular flexibility index (Phi) is 6.24. The molecule has 2 heterocycles. The van der Waals surface area contributed by atoms with Crippen molar-refractivity contribution in [2.75, 3.05) is 13.7 Å². The molecular weight excluding hydrogens is 430 g/mol. The van der Waals surface area contributed by atoms with E-state index in [1.54, 1.807) is 12.1 Å². The van der Waals surface area contributed by atoms with Gasteiger partial charge < -0.3 is 9.30 Å². The monoisotopic (exact) mass is 454 g/mol. The molecule has 2 aromatic heterocycles. The van der Waals surface area contributed by atoms with Gasteiger partial charge in [-0.3, -0.25) is 9.36 Å². The number of nitrogens with zero attached hydrogens (tertiary/aromatic N) is 4. The molecular formula is C24H24F2N4O3. The van der Waals surface area contributed by atoms with Crippen molar-refractivity contribution < 1.29 is 13.5 Å². The van der Waals surface area contributed by atoms with E-state index in [1.807, 2.05) is 12.1 Å². The largest absolute Gasteiger partial charge is 0.383 e. The van der Waals surface area contributed by atoms with Crippen LogP contribution in [0.15, 0.2) is 58.4 Å². The zero-order valence-corrected chi connectivity index (χ0v) is 18.6. The van der Waals surface area contributed by atoms with Gasteiger partial charge in [-0.1, -0.05) is 32.0 Å². The van der Waals surface area contributed by atoms with Gasteiger partial charge in [0.2, 0.25) is 0 Å². The first-order valence-corrected chi connectivity index (χ1v) is 10.6. The Hall–Kier alpha value is -3.59. The Morgan fingerprint density at radius 1 is 1.06 bits per heavy atom. The molecule has 0 saturated carbocycles. The van der Waals surface area contributed by atoms with Gasteiger partial charge in [-0.05, 0) is 29.7 Å². The van der Waals surface area contributed by atoms with E-state index < -0.39 is 22.9 Å². The Bertz CT molecular complexity index is 1420. The number of fused-ring (bicyclic) bond motifs is 1. The Morgan fingerprint density at radius 2 is 1.79 bits per heavy atom. The summed E-state index contributed by atoms with van der Waals surface area (Å²) in [5.74, 6) is -1.10. The van der Waals surface area contributed by atoms with Gasteiger partial charge in [-0.2, -0.15) is 0 Å². The number of halogens is 2. The van der Waals surface area contributed by atoms with Crippen molar-refractivity contribution in [3.63, 3.8) is 0 Å². The van der Waals surface area contributed by atoms with Gasteiger partial charge >= 0.3 is 5.69 Å². The molecule has 0 bridgehead atoms. The highest BCUT2D eigenvalue weighted by molar-refractivity contribution is 5.72. The third-order valence-corrected chi connectivity index (χ3v) is 5.59. The van der Waals surface area contributed by atoms with Gasteiger partial charge in [0.1, 0.15) is 11.6 Å². The summed E-state index contributed by atoms with van der Waals surface area (Å²) in [4.78, 5) is 30.9. The predicted octanol–water partition coefficient (Wildman–Crippen LogP) is 3.45. The molecule has 0 aliphatic carbocycles. The highest BCUT2D eigenvalue weighted by Crippen LogP contribution is 2.19. The second kappa shape index (κ2) is 9.11. The lowest BCUT2D eigenvalue weighted by Gasteiger charge is -2.14. The fraction of sp³-hybridized carbons (Fsp3) is 0.292. The average Bonchev–Trinajstić information content (AvgIpc) is 3.19. The molecule has 0 amide bonds. The number of methoxy groups -OCH3 is 1. The summed E-state index contributed by atoms with van der Waals surface area (Å²) >= 11 is 0. The van der Waals surface area contributed by atoms with E-state index in [2.05, 4.69) is 18.8 Å². The maximum atomic E-state index is 14.3. The molecule has 4 rings (SSSR count). The first-order valence-electron chi connectivity index (χ1n) is 10.6. The number of hydrogen-bond donors (Lipinski definition) is 0. The summed E-state index contributed by atoms with van der Waals surface area (Å²) in [6.45, 7) is 4.30. The highest BCUT2D eigenvalue weighted by atomic mass is 19.1. The van der Waals surface area contributed by atoms with Gasteiger partial charge in [0.05, 0.1) is 31.7 Å². The molecule has 33 heavy (non-hydrogen) atoms. The first kappa shape index (κ1) is 22.6. The van der Waals surface area contributed by atoms with Crippen LogP contribution in [-0.2, 0) is 17.8 Å². The summed E-state index contributed by atoms with van der Waals surface area (Å²) in [7, 11) is 1.48. The minimum atomic E-state index is -0.728. The van der Waals surface area contributed by atoms with E-state index in [4.69, 9.17) is 4.74 Å². The molecule has 0 spiro atoms. The molecule has 0 radical (unpaired) electrons. The average molecular weight is 454 g/mol. The molecule has 0 fully saturated rings. The Balaban J connectivity index is 1.94. The molecule has 2 aromatic carbocycles. The third-order valence-electron chi connectivity index (χ3n) is 5.59. The SMILES string of the molecule is COCCn1c(=O)c2c(ncn2Cc2ccc(F)cc2F)n(-c2ccc(C(C)C)cc2)c1=O. The zero-order chi connectivity index (χ0) is 23.7. The van der Waals surface area contributed by atoms with E-state index in [1.165, 1.54) is 28.6 Å². The highest BCUT2D eigenvalue weighted by Gasteiger charge is 2.20. The minimum absolute atomic E-state index is 0.0459. The fourth-order valence-corrected chi connectivity index (χ4v) is 3.75. The second-order valence-corrected chi connectivity index (χ2v) is 8.09. The quantitative estimate of drug-likeness (QED) is 0.429. The molecule has 0 atom stereocenters.